The number of allylic oxidation sites excluding steroid dienone is 4. The first-order valence-electron chi connectivity index (χ1n) is 4.99. The summed E-state index contributed by atoms with van der Waals surface area (Å²) < 4.78 is 1.07. The van der Waals surface area contributed by atoms with Crippen LogP contribution in [0, 0.1) is 0 Å². The molecule has 2 aliphatic rings. The van der Waals surface area contributed by atoms with Crippen LogP contribution in [-0.2, 0) is 0 Å². The highest BCUT2D eigenvalue weighted by atomic mass is 79.9. The predicted molar refractivity (Wildman–Crippen MR) is 78.7 cm³/mol. The fourth-order valence-corrected chi connectivity index (χ4v) is 4.02. The molecule has 0 fully saturated rings. The molecule has 0 bridgehead atoms. The van der Waals surface area contributed by atoms with E-state index < -0.39 is 0 Å². The Morgan fingerprint density at radius 1 is 1.56 bits per heavy atom. The standard InChI is InChI=1S/C11H12Br2N2S/c1-4-8-9(13)10(7(3)12)14-11-15(8)6(2)5-16-11/h4-5,7H,1-3H3. The van der Waals surface area contributed by atoms with Gasteiger partial charge in [-0.2, -0.15) is 0 Å². The molecule has 2 heterocycles. The highest BCUT2D eigenvalue weighted by molar-refractivity contribution is 9.12. The summed E-state index contributed by atoms with van der Waals surface area (Å²) in [4.78, 5) is 7.09. The summed E-state index contributed by atoms with van der Waals surface area (Å²) in [6.45, 7) is 6.23. The smallest absolute Gasteiger partial charge is 0.177 e. The van der Waals surface area contributed by atoms with Crippen LogP contribution in [0.2, 0.25) is 0 Å². The number of amidine groups is 1. The topological polar surface area (TPSA) is 15.6 Å². The second-order valence-electron chi connectivity index (χ2n) is 3.60. The Morgan fingerprint density at radius 3 is 2.81 bits per heavy atom. The monoisotopic (exact) mass is 362 g/mol. The molecule has 0 spiro atoms. The molecule has 0 radical (unpaired) electrons. The maximum atomic E-state index is 4.67. The van der Waals surface area contributed by atoms with Crippen molar-refractivity contribution in [1.82, 2.24) is 4.90 Å². The number of hydrogen-bond acceptors (Lipinski definition) is 3. The van der Waals surface area contributed by atoms with Crippen molar-refractivity contribution in [3.05, 3.63) is 33.1 Å². The van der Waals surface area contributed by atoms with Crippen LogP contribution in [0.3, 0.4) is 0 Å². The molecule has 2 aliphatic heterocycles. The minimum Gasteiger partial charge on any atom is -0.292 e. The fourth-order valence-electron chi connectivity index (χ4n) is 1.66. The van der Waals surface area contributed by atoms with Crippen molar-refractivity contribution in [3.8, 4) is 0 Å². The predicted octanol–water partition coefficient (Wildman–Crippen LogP) is 4.56. The van der Waals surface area contributed by atoms with Crippen molar-refractivity contribution < 1.29 is 0 Å². The fraction of sp³-hybridized carbons (Fsp3) is 0.364. The summed E-state index contributed by atoms with van der Waals surface area (Å²) in [5.41, 5.74) is 3.44. The molecule has 5 heteroatoms. The van der Waals surface area contributed by atoms with Crippen LogP contribution < -0.4 is 0 Å². The van der Waals surface area contributed by atoms with E-state index in [1.807, 2.05) is 6.92 Å². The third-order valence-corrected chi connectivity index (χ3v) is 4.63. The molecule has 16 heavy (non-hydrogen) atoms. The first-order chi connectivity index (χ1) is 7.56. The number of nitrogens with zero attached hydrogens (tertiary/aromatic N) is 2. The summed E-state index contributed by atoms with van der Waals surface area (Å²) >= 11 is 8.89. The van der Waals surface area contributed by atoms with Gasteiger partial charge in [0.25, 0.3) is 0 Å². The van der Waals surface area contributed by atoms with Crippen molar-refractivity contribution in [2.45, 2.75) is 25.6 Å². The van der Waals surface area contributed by atoms with Gasteiger partial charge >= 0.3 is 0 Å². The molecular weight excluding hydrogens is 352 g/mol. The second-order valence-corrected chi connectivity index (χ2v) is 6.60. The summed E-state index contributed by atoms with van der Waals surface area (Å²) in [7, 11) is 0. The maximum absolute atomic E-state index is 4.67. The van der Waals surface area contributed by atoms with E-state index in [0.29, 0.717) is 0 Å². The van der Waals surface area contributed by atoms with Crippen LogP contribution in [0.1, 0.15) is 20.8 Å². The number of rotatable bonds is 1. The molecule has 0 saturated heterocycles. The number of halogens is 2. The van der Waals surface area contributed by atoms with Gasteiger partial charge in [0.1, 0.15) is 0 Å². The molecular formula is C11H12Br2N2S. The normalized spacial score (nSPS) is 24.6. The van der Waals surface area contributed by atoms with E-state index in [2.05, 4.69) is 67.1 Å². The number of hydrogen-bond donors (Lipinski definition) is 0. The molecule has 0 aliphatic carbocycles. The molecule has 0 amide bonds. The zero-order chi connectivity index (χ0) is 11.9. The second kappa shape index (κ2) is 4.70. The van der Waals surface area contributed by atoms with Gasteiger partial charge in [-0.3, -0.25) is 4.90 Å². The minimum atomic E-state index is 0.244. The molecule has 1 unspecified atom stereocenters. The van der Waals surface area contributed by atoms with Gasteiger partial charge in [-0.25, -0.2) is 4.99 Å². The summed E-state index contributed by atoms with van der Waals surface area (Å²) in [5.74, 6) is 0. The quantitative estimate of drug-likeness (QED) is 0.634. The van der Waals surface area contributed by atoms with Crippen molar-refractivity contribution >= 4 is 48.8 Å². The van der Waals surface area contributed by atoms with Gasteiger partial charge in [0.15, 0.2) is 5.17 Å². The Hall–Kier alpha value is -0.000000000000000111. The average molecular weight is 364 g/mol. The summed E-state index contributed by atoms with van der Waals surface area (Å²) in [6.07, 6.45) is 2.11. The highest BCUT2D eigenvalue weighted by Gasteiger charge is 2.31. The van der Waals surface area contributed by atoms with Crippen molar-refractivity contribution in [2.75, 3.05) is 0 Å². The minimum absolute atomic E-state index is 0.244. The summed E-state index contributed by atoms with van der Waals surface area (Å²) in [5, 5.41) is 3.17. The first kappa shape index (κ1) is 12.5. The van der Waals surface area contributed by atoms with Gasteiger partial charge in [-0.1, -0.05) is 33.8 Å². The Kier molecular flexibility index (Phi) is 3.66. The van der Waals surface area contributed by atoms with E-state index >= 15 is 0 Å². The molecule has 2 nitrogen and oxygen atoms in total. The van der Waals surface area contributed by atoms with Gasteiger partial charge in [0.05, 0.1) is 20.7 Å². The first-order valence-corrected chi connectivity index (χ1v) is 7.57. The lowest BCUT2D eigenvalue weighted by molar-refractivity contribution is 0.653. The van der Waals surface area contributed by atoms with Gasteiger partial charge < -0.3 is 0 Å². The molecule has 0 aromatic heterocycles. The Labute approximate surface area is 117 Å². The highest BCUT2D eigenvalue weighted by Crippen LogP contribution is 2.41. The van der Waals surface area contributed by atoms with Crippen LogP contribution in [-0.4, -0.2) is 14.9 Å². The van der Waals surface area contributed by atoms with E-state index in [4.69, 9.17) is 0 Å². The lowest BCUT2D eigenvalue weighted by Gasteiger charge is -2.29. The van der Waals surface area contributed by atoms with Crippen LogP contribution in [0.15, 0.2) is 38.0 Å². The number of thioether (sulfide) groups is 1. The van der Waals surface area contributed by atoms with E-state index in [1.165, 1.54) is 11.4 Å². The van der Waals surface area contributed by atoms with Crippen molar-refractivity contribution in [1.29, 1.82) is 0 Å². The number of alkyl halides is 1. The Balaban J connectivity index is 2.52. The molecule has 0 N–H and O–H groups in total. The SMILES string of the molecule is CC=C1C(Br)=C(C(C)Br)N=C2SC=C(C)N12. The zero-order valence-electron chi connectivity index (χ0n) is 9.29. The molecule has 0 aromatic carbocycles. The number of fused-ring (bicyclic) bond motifs is 1. The van der Waals surface area contributed by atoms with E-state index in [1.54, 1.807) is 11.8 Å². The maximum Gasteiger partial charge on any atom is 0.177 e. The molecule has 0 aromatic rings. The van der Waals surface area contributed by atoms with E-state index in [9.17, 15) is 0 Å². The van der Waals surface area contributed by atoms with E-state index in [0.717, 1.165) is 15.3 Å². The Bertz CT molecular complexity index is 447. The average Bonchev–Trinajstić information content (AvgIpc) is 2.59. The number of aliphatic imine (C=N–C) groups is 1. The van der Waals surface area contributed by atoms with E-state index in [-0.39, 0.29) is 4.83 Å². The van der Waals surface area contributed by atoms with Gasteiger partial charge in [-0.05, 0) is 42.1 Å². The Morgan fingerprint density at radius 2 is 2.25 bits per heavy atom. The third-order valence-electron chi connectivity index (χ3n) is 2.44. The molecule has 0 saturated carbocycles. The largest absolute Gasteiger partial charge is 0.292 e. The zero-order valence-corrected chi connectivity index (χ0v) is 13.3. The van der Waals surface area contributed by atoms with Crippen LogP contribution >= 0.6 is 43.6 Å². The van der Waals surface area contributed by atoms with Crippen molar-refractivity contribution in [3.63, 3.8) is 0 Å². The van der Waals surface area contributed by atoms with Gasteiger partial charge in [0, 0.05) is 5.70 Å². The van der Waals surface area contributed by atoms with Crippen LogP contribution in [0.25, 0.3) is 0 Å². The van der Waals surface area contributed by atoms with Gasteiger partial charge in [0.2, 0.25) is 0 Å². The van der Waals surface area contributed by atoms with Crippen molar-refractivity contribution in [2.24, 2.45) is 4.99 Å². The van der Waals surface area contributed by atoms with Gasteiger partial charge in [-0.15, -0.1) is 0 Å². The third kappa shape index (κ3) is 1.93. The van der Waals surface area contributed by atoms with Crippen LogP contribution in [0.4, 0.5) is 0 Å². The molecule has 86 valence electrons. The lowest BCUT2D eigenvalue weighted by atomic mass is 10.2. The summed E-state index contributed by atoms with van der Waals surface area (Å²) in [6, 6.07) is 0. The lowest BCUT2D eigenvalue weighted by Crippen LogP contribution is -2.27. The molecule has 1 atom stereocenters. The van der Waals surface area contributed by atoms with Crippen LogP contribution in [0.5, 0.6) is 0 Å². The molecule has 2 rings (SSSR count).